The van der Waals surface area contributed by atoms with E-state index in [0.29, 0.717) is 12.1 Å². The highest BCUT2D eigenvalue weighted by Crippen LogP contribution is 2.19. The fourth-order valence-corrected chi connectivity index (χ4v) is 3.39. The molecule has 3 rings (SSSR count). The lowest BCUT2D eigenvalue weighted by Crippen LogP contribution is -2.47. The molecule has 140 valence electrons. The number of benzene rings is 2. The van der Waals surface area contributed by atoms with Crippen molar-refractivity contribution in [2.24, 2.45) is 0 Å². The van der Waals surface area contributed by atoms with E-state index in [2.05, 4.69) is 37.4 Å². The smallest absolute Gasteiger partial charge is 0.261 e. The summed E-state index contributed by atoms with van der Waals surface area (Å²) in [5.74, 6) is -1.03. The van der Waals surface area contributed by atoms with E-state index in [1.165, 1.54) is 16.7 Å². The monoisotopic (exact) mass is 364 g/mol. The Labute approximate surface area is 159 Å². The van der Waals surface area contributed by atoms with Gasteiger partial charge in [-0.25, -0.2) is 0 Å². The second kappa shape index (κ2) is 8.16. The van der Waals surface area contributed by atoms with Gasteiger partial charge in [0.15, 0.2) is 0 Å². The van der Waals surface area contributed by atoms with Crippen LogP contribution in [-0.4, -0.2) is 35.7 Å². The summed E-state index contributed by atoms with van der Waals surface area (Å²) in [5.41, 5.74) is 4.98. The topological polar surface area (TPSA) is 66.5 Å². The zero-order chi connectivity index (χ0) is 19.4. The van der Waals surface area contributed by atoms with Crippen molar-refractivity contribution in [1.29, 1.82) is 0 Å². The first kappa shape index (κ1) is 18.8. The van der Waals surface area contributed by atoms with Gasteiger partial charge in [-0.3, -0.25) is 19.3 Å². The number of imide groups is 1. The Kier molecular flexibility index (Phi) is 5.69. The van der Waals surface area contributed by atoms with Gasteiger partial charge in [-0.15, -0.1) is 0 Å². The van der Waals surface area contributed by atoms with E-state index in [0.717, 1.165) is 23.3 Å². The van der Waals surface area contributed by atoms with Gasteiger partial charge in [-0.05, 0) is 49.4 Å². The summed E-state index contributed by atoms with van der Waals surface area (Å²) in [5, 5.41) is 2.81. The molecule has 0 aromatic heterocycles. The quantitative estimate of drug-likeness (QED) is 0.633. The lowest BCUT2D eigenvalue weighted by atomic mass is 9.98. The summed E-state index contributed by atoms with van der Waals surface area (Å²) >= 11 is 0. The standard InChI is InChI=1S/C22H24N2O3/c1-15-9-10-17(16(2)12-15)7-5-11-23-20(25)14-24-21(26)13-18-6-3-4-8-19(18)22(24)27/h3-4,6,8-10,12H,5,7,11,13-14H2,1-2H3,(H,23,25). The number of amides is 3. The van der Waals surface area contributed by atoms with E-state index < -0.39 is 5.91 Å². The summed E-state index contributed by atoms with van der Waals surface area (Å²) in [7, 11) is 0. The molecule has 27 heavy (non-hydrogen) atoms. The molecule has 0 saturated heterocycles. The van der Waals surface area contributed by atoms with Crippen LogP contribution in [0.1, 0.15) is 39.0 Å². The van der Waals surface area contributed by atoms with Crippen LogP contribution in [0.4, 0.5) is 0 Å². The van der Waals surface area contributed by atoms with Crippen molar-refractivity contribution in [3.05, 3.63) is 70.3 Å². The van der Waals surface area contributed by atoms with Crippen LogP contribution >= 0.6 is 0 Å². The molecule has 2 aromatic rings. The summed E-state index contributed by atoms with van der Waals surface area (Å²) < 4.78 is 0. The highest BCUT2D eigenvalue weighted by Gasteiger charge is 2.31. The number of rotatable bonds is 6. The summed E-state index contributed by atoms with van der Waals surface area (Å²) in [6.45, 7) is 4.44. The number of nitrogens with one attached hydrogen (secondary N) is 1. The Balaban J connectivity index is 1.49. The normalized spacial score (nSPS) is 13.5. The second-order valence-electron chi connectivity index (χ2n) is 7.00. The zero-order valence-electron chi connectivity index (χ0n) is 15.7. The summed E-state index contributed by atoms with van der Waals surface area (Å²) in [4.78, 5) is 37.9. The van der Waals surface area contributed by atoms with E-state index in [1.807, 2.05) is 0 Å². The average Bonchev–Trinajstić information content (AvgIpc) is 2.63. The van der Waals surface area contributed by atoms with Crippen molar-refractivity contribution in [3.8, 4) is 0 Å². The highest BCUT2D eigenvalue weighted by atomic mass is 16.2. The largest absolute Gasteiger partial charge is 0.355 e. The lowest BCUT2D eigenvalue weighted by molar-refractivity contribution is -0.133. The van der Waals surface area contributed by atoms with Gasteiger partial charge in [0.1, 0.15) is 6.54 Å². The van der Waals surface area contributed by atoms with Gasteiger partial charge in [0.2, 0.25) is 11.8 Å². The molecule has 0 unspecified atom stereocenters. The zero-order valence-corrected chi connectivity index (χ0v) is 15.7. The molecule has 3 amide bonds. The molecule has 0 saturated carbocycles. The molecule has 1 aliphatic rings. The van der Waals surface area contributed by atoms with Gasteiger partial charge in [0.25, 0.3) is 5.91 Å². The number of carbonyl (C=O) groups excluding carboxylic acids is 3. The van der Waals surface area contributed by atoms with Crippen molar-refractivity contribution >= 4 is 17.7 Å². The number of carbonyl (C=O) groups is 3. The minimum atomic E-state index is -0.396. The maximum atomic E-state index is 12.5. The van der Waals surface area contributed by atoms with Crippen LogP contribution in [0.15, 0.2) is 42.5 Å². The fourth-order valence-electron chi connectivity index (χ4n) is 3.39. The number of aryl methyl sites for hydroxylation is 3. The molecule has 5 nitrogen and oxygen atoms in total. The third kappa shape index (κ3) is 4.42. The van der Waals surface area contributed by atoms with Crippen molar-refractivity contribution in [1.82, 2.24) is 10.2 Å². The van der Waals surface area contributed by atoms with Crippen LogP contribution in [0.3, 0.4) is 0 Å². The molecule has 0 atom stereocenters. The Hall–Kier alpha value is -2.95. The van der Waals surface area contributed by atoms with Crippen molar-refractivity contribution < 1.29 is 14.4 Å². The lowest BCUT2D eigenvalue weighted by Gasteiger charge is -2.26. The van der Waals surface area contributed by atoms with E-state index in [9.17, 15) is 14.4 Å². The van der Waals surface area contributed by atoms with Gasteiger partial charge in [-0.2, -0.15) is 0 Å². The minimum absolute atomic E-state index is 0.155. The van der Waals surface area contributed by atoms with E-state index in [-0.39, 0.29) is 24.8 Å². The molecule has 0 aliphatic carbocycles. The van der Waals surface area contributed by atoms with Gasteiger partial charge in [0.05, 0.1) is 6.42 Å². The average molecular weight is 364 g/mol. The van der Waals surface area contributed by atoms with Crippen molar-refractivity contribution in [2.45, 2.75) is 33.1 Å². The predicted molar refractivity (Wildman–Crippen MR) is 103 cm³/mol. The molecule has 0 radical (unpaired) electrons. The fraction of sp³-hybridized carbons (Fsp3) is 0.318. The Morgan fingerprint density at radius 2 is 1.89 bits per heavy atom. The highest BCUT2D eigenvalue weighted by molar-refractivity contribution is 6.11. The number of hydrogen-bond donors (Lipinski definition) is 1. The van der Waals surface area contributed by atoms with Crippen LogP contribution in [-0.2, 0) is 22.4 Å². The first-order valence-electron chi connectivity index (χ1n) is 9.21. The summed E-state index contributed by atoms with van der Waals surface area (Å²) in [6, 6.07) is 13.4. The van der Waals surface area contributed by atoms with E-state index >= 15 is 0 Å². The molecular formula is C22H24N2O3. The maximum Gasteiger partial charge on any atom is 0.261 e. The Bertz CT molecular complexity index is 889. The van der Waals surface area contributed by atoms with E-state index in [4.69, 9.17) is 0 Å². The second-order valence-corrected chi connectivity index (χ2v) is 7.00. The first-order chi connectivity index (χ1) is 13.0. The van der Waals surface area contributed by atoms with Gasteiger partial charge < -0.3 is 5.32 Å². The van der Waals surface area contributed by atoms with Gasteiger partial charge in [-0.1, -0.05) is 42.0 Å². The molecule has 1 N–H and O–H groups in total. The Morgan fingerprint density at radius 1 is 1.11 bits per heavy atom. The molecule has 5 heteroatoms. The van der Waals surface area contributed by atoms with Crippen LogP contribution in [0.2, 0.25) is 0 Å². The van der Waals surface area contributed by atoms with Crippen LogP contribution < -0.4 is 5.32 Å². The van der Waals surface area contributed by atoms with Crippen molar-refractivity contribution in [3.63, 3.8) is 0 Å². The molecule has 0 fully saturated rings. The number of nitrogens with zero attached hydrogens (tertiary/aromatic N) is 1. The number of fused-ring (bicyclic) bond motifs is 1. The van der Waals surface area contributed by atoms with Gasteiger partial charge >= 0.3 is 0 Å². The van der Waals surface area contributed by atoms with Crippen molar-refractivity contribution in [2.75, 3.05) is 13.1 Å². The molecular weight excluding hydrogens is 340 g/mol. The van der Waals surface area contributed by atoms with Crippen LogP contribution in [0, 0.1) is 13.8 Å². The maximum absolute atomic E-state index is 12.5. The SMILES string of the molecule is Cc1ccc(CCCNC(=O)CN2C(=O)Cc3ccccc3C2=O)c(C)c1. The number of hydrogen-bond acceptors (Lipinski definition) is 3. The molecule has 1 heterocycles. The van der Waals surface area contributed by atoms with Gasteiger partial charge in [0, 0.05) is 12.1 Å². The van der Waals surface area contributed by atoms with E-state index in [1.54, 1.807) is 24.3 Å². The summed E-state index contributed by atoms with van der Waals surface area (Å²) in [6.07, 6.45) is 1.84. The minimum Gasteiger partial charge on any atom is -0.355 e. The third-order valence-electron chi connectivity index (χ3n) is 4.88. The van der Waals surface area contributed by atoms with Crippen LogP contribution in [0.5, 0.6) is 0 Å². The predicted octanol–water partition coefficient (Wildman–Crippen LogP) is 2.58. The first-order valence-corrected chi connectivity index (χ1v) is 9.21. The molecule has 0 spiro atoms. The molecule has 2 aromatic carbocycles. The third-order valence-corrected chi connectivity index (χ3v) is 4.88. The van der Waals surface area contributed by atoms with Crippen LogP contribution in [0.25, 0.3) is 0 Å². The molecule has 0 bridgehead atoms. The molecule has 1 aliphatic heterocycles. The Morgan fingerprint density at radius 3 is 2.67 bits per heavy atom.